The van der Waals surface area contributed by atoms with Crippen molar-refractivity contribution in [3.63, 3.8) is 0 Å². The van der Waals surface area contributed by atoms with E-state index in [9.17, 15) is 10.1 Å². The molecule has 0 fully saturated rings. The largest absolute Gasteiger partial charge is 0.489 e. The normalized spacial score (nSPS) is 13.8. The van der Waals surface area contributed by atoms with Crippen LogP contribution in [0.2, 0.25) is 0 Å². The van der Waals surface area contributed by atoms with E-state index in [4.69, 9.17) is 4.74 Å². The highest BCUT2D eigenvalue weighted by molar-refractivity contribution is 5.92. The van der Waals surface area contributed by atoms with E-state index in [-0.39, 0.29) is 10.6 Å². The van der Waals surface area contributed by atoms with Crippen molar-refractivity contribution in [1.82, 2.24) is 4.57 Å². The minimum absolute atomic E-state index is 0.155. The lowest BCUT2D eigenvalue weighted by molar-refractivity contribution is -0.422. The highest BCUT2D eigenvalue weighted by Gasteiger charge is 2.21. The lowest BCUT2D eigenvalue weighted by atomic mass is 10.1. The van der Waals surface area contributed by atoms with Gasteiger partial charge in [-0.2, -0.15) is 0 Å². The fraction of sp³-hybridized carbons (Fsp3) is 0.238. The van der Waals surface area contributed by atoms with Crippen molar-refractivity contribution in [2.24, 2.45) is 0 Å². The molecule has 26 heavy (non-hydrogen) atoms. The van der Waals surface area contributed by atoms with Crippen LogP contribution in [-0.4, -0.2) is 9.49 Å². The smallest absolute Gasteiger partial charge is 0.243 e. The first-order chi connectivity index (χ1) is 12.6. The maximum Gasteiger partial charge on any atom is 0.243 e. The lowest BCUT2D eigenvalue weighted by Gasteiger charge is -2.07. The van der Waals surface area contributed by atoms with Crippen LogP contribution in [0.5, 0.6) is 5.75 Å². The Morgan fingerprint density at radius 3 is 2.85 bits per heavy atom. The molecule has 0 N–H and O–H groups in total. The van der Waals surface area contributed by atoms with Gasteiger partial charge in [0.05, 0.1) is 4.92 Å². The summed E-state index contributed by atoms with van der Waals surface area (Å²) < 4.78 is 8.22. The van der Waals surface area contributed by atoms with Gasteiger partial charge in [0.1, 0.15) is 12.4 Å². The Labute approximate surface area is 151 Å². The zero-order valence-corrected chi connectivity index (χ0v) is 14.6. The minimum Gasteiger partial charge on any atom is -0.489 e. The molecule has 0 atom stereocenters. The molecule has 0 saturated heterocycles. The third kappa shape index (κ3) is 2.96. The van der Waals surface area contributed by atoms with Crippen LogP contribution in [0.4, 0.5) is 0 Å². The summed E-state index contributed by atoms with van der Waals surface area (Å²) in [7, 11) is 0. The zero-order chi connectivity index (χ0) is 18.1. The Morgan fingerprint density at radius 1 is 1.27 bits per heavy atom. The maximum atomic E-state index is 11.1. The molecule has 1 aliphatic rings. The number of aryl methyl sites for hydroxylation is 1. The van der Waals surface area contributed by atoms with Crippen LogP contribution in [0, 0.1) is 10.1 Å². The van der Waals surface area contributed by atoms with Crippen molar-refractivity contribution in [2.75, 3.05) is 0 Å². The number of nitro groups is 1. The number of ether oxygens (including phenoxy) is 1. The first-order valence-corrected chi connectivity index (χ1v) is 8.78. The number of nitrogens with zero attached hydrogens (tertiary/aromatic N) is 2. The van der Waals surface area contributed by atoms with E-state index < -0.39 is 0 Å². The fourth-order valence-electron chi connectivity index (χ4n) is 3.60. The van der Waals surface area contributed by atoms with Gasteiger partial charge >= 0.3 is 0 Å². The SMILES string of the molecule is CC(=Cc1c2n(c3ccc(OCc4ccccc4)cc13)CCC2)[N+](=O)[O-]. The maximum absolute atomic E-state index is 11.1. The summed E-state index contributed by atoms with van der Waals surface area (Å²) in [6.07, 6.45) is 3.72. The second kappa shape index (κ2) is 6.67. The molecular weight excluding hydrogens is 328 g/mol. The quantitative estimate of drug-likeness (QED) is 0.491. The molecule has 1 aliphatic heterocycles. The number of allylic oxidation sites excluding steroid dienone is 1. The third-order valence-electron chi connectivity index (χ3n) is 4.87. The molecule has 5 heteroatoms. The van der Waals surface area contributed by atoms with E-state index in [1.54, 1.807) is 13.0 Å². The average Bonchev–Trinajstić information content (AvgIpc) is 3.23. The van der Waals surface area contributed by atoms with Gasteiger partial charge in [-0.15, -0.1) is 0 Å². The van der Waals surface area contributed by atoms with E-state index in [1.165, 1.54) is 5.69 Å². The summed E-state index contributed by atoms with van der Waals surface area (Å²) in [5.74, 6) is 0.777. The van der Waals surface area contributed by atoms with Gasteiger partial charge in [0.25, 0.3) is 0 Å². The number of hydrogen-bond donors (Lipinski definition) is 0. The monoisotopic (exact) mass is 348 g/mol. The molecule has 0 saturated carbocycles. The van der Waals surface area contributed by atoms with Gasteiger partial charge in [0, 0.05) is 41.7 Å². The van der Waals surface area contributed by atoms with Crippen LogP contribution in [0.3, 0.4) is 0 Å². The van der Waals surface area contributed by atoms with E-state index in [0.717, 1.165) is 47.2 Å². The highest BCUT2D eigenvalue weighted by Crippen LogP contribution is 2.35. The Morgan fingerprint density at radius 2 is 2.08 bits per heavy atom. The van der Waals surface area contributed by atoms with Crippen molar-refractivity contribution in [3.05, 3.63) is 81.2 Å². The van der Waals surface area contributed by atoms with Crippen LogP contribution in [-0.2, 0) is 19.6 Å². The molecule has 132 valence electrons. The number of aromatic nitrogens is 1. The molecule has 0 unspecified atom stereocenters. The first kappa shape index (κ1) is 16.4. The van der Waals surface area contributed by atoms with E-state index in [0.29, 0.717) is 6.61 Å². The number of fused-ring (bicyclic) bond motifs is 3. The third-order valence-corrected chi connectivity index (χ3v) is 4.87. The second-order valence-corrected chi connectivity index (χ2v) is 6.61. The molecular formula is C21H20N2O3. The van der Waals surface area contributed by atoms with Crippen LogP contribution < -0.4 is 4.74 Å². The summed E-state index contributed by atoms with van der Waals surface area (Å²) in [6.45, 7) is 3.00. The van der Waals surface area contributed by atoms with Crippen molar-refractivity contribution in [2.45, 2.75) is 32.9 Å². The molecule has 0 aliphatic carbocycles. The Kier molecular flexibility index (Phi) is 4.21. The Balaban J connectivity index is 1.73. The molecule has 5 nitrogen and oxygen atoms in total. The predicted molar refractivity (Wildman–Crippen MR) is 102 cm³/mol. The molecule has 2 aromatic carbocycles. The van der Waals surface area contributed by atoms with Gasteiger partial charge in [-0.3, -0.25) is 10.1 Å². The zero-order valence-electron chi connectivity index (χ0n) is 14.6. The summed E-state index contributed by atoms with van der Waals surface area (Å²) >= 11 is 0. The molecule has 4 rings (SSSR count). The van der Waals surface area contributed by atoms with Crippen molar-refractivity contribution >= 4 is 17.0 Å². The Bertz CT molecular complexity index is 1000. The summed E-state index contributed by atoms with van der Waals surface area (Å²) in [6, 6.07) is 16.1. The average molecular weight is 348 g/mol. The summed E-state index contributed by atoms with van der Waals surface area (Å²) in [5.41, 5.74) is 4.52. The molecule has 2 heterocycles. The molecule has 0 bridgehead atoms. The molecule has 1 aromatic heterocycles. The van der Waals surface area contributed by atoms with E-state index in [2.05, 4.69) is 10.6 Å². The molecule has 0 radical (unpaired) electrons. The topological polar surface area (TPSA) is 57.3 Å². The van der Waals surface area contributed by atoms with Crippen molar-refractivity contribution < 1.29 is 9.66 Å². The number of rotatable bonds is 5. The van der Waals surface area contributed by atoms with Gasteiger partial charge in [0.2, 0.25) is 5.70 Å². The second-order valence-electron chi connectivity index (χ2n) is 6.61. The standard InChI is InChI=1S/C21H20N2O3/c1-15(23(24)25)12-18-19-13-17(26-14-16-6-3-2-4-7-16)9-10-21(19)22-11-5-8-20(18)22/h2-4,6-7,9-10,12-13H,5,8,11,14H2,1H3. The van der Waals surface area contributed by atoms with Gasteiger partial charge in [-0.25, -0.2) is 0 Å². The Hall–Kier alpha value is -3.08. The van der Waals surface area contributed by atoms with Crippen LogP contribution in [0.25, 0.3) is 17.0 Å². The minimum atomic E-state index is -0.333. The highest BCUT2D eigenvalue weighted by atomic mass is 16.6. The predicted octanol–water partition coefficient (Wildman–Crippen LogP) is 4.80. The number of benzene rings is 2. The van der Waals surface area contributed by atoms with Gasteiger partial charge < -0.3 is 9.30 Å². The molecule has 0 spiro atoms. The number of hydrogen-bond acceptors (Lipinski definition) is 3. The van der Waals surface area contributed by atoms with Crippen molar-refractivity contribution in [3.8, 4) is 5.75 Å². The summed E-state index contributed by atoms with van der Waals surface area (Å²) in [5, 5.41) is 12.1. The lowest BCUT2D eigenvalue weighted by Crippen LogP contribution is -1.95. The van der Waals surface area contributed by atoms with Gasteiger partial charge in [0.15, 0.2) is 0 Å². The molecule has 3 aromatic rings. The fourth-order valence-corrected chi connectivity index (χ4v) is 3.60. The van der Waals surface area contributed by atoms with Crippen LogP contribution >= 0.6 is 0 Å². The van der Waals surface area contributed by atoms with Crippen LogP contribution in [0.15, 0.2) is 54.2 Å². The van der Waals surface area contributed by atoms with Crippen LogP contribution in [0.1, 0.15) is 30.2 Å². The van der Waals surface area contributed by atoms with E-state index in [1.807, 2.05) is 42.5 Å². The summed E-state index contributed by atoms with van der Waals surface area (Å²) in [4.78, 5) is 10.8. The van der Waals surface area contributed by atoms with E-state index >= 15 is 0 Å². The molecule has 0 amide bonds. The van der Waals surface area contributed by atoms with Crippen molar-refractivity contribution in [1.29, 1.82) is 0 Å². The van der Waals surface area contributed by atoms with Gasteiger partial charge in [-0.05, 0) is 36.6 Å². The first-order valence-electron chi connectivity index (χ1n) is 8.78. The van der Waals surface area contributed by atoms with Gasteiger partial charge in [-0.1, -0.05) is 30.3 Å².